The van der Waals surface area contributed by atoms with E-state index in [-0.39, 0.29) is 6.04 Å². The lowest BCUT2D eigenvalue weighted by molar-refractivity contribution is 0.676. The molecule has 1 unspecified atom stereocenters. The van der Waals surface area contributed by atoms with Crippen LogP contribution in [-0.4, -0.2) is 4.57 Å². The number of nitrogens with zero attached hydrogens (tertiary/aromatic N) is 1. The van der Waals surface area contributed by atoms with E-state index in [1.165, 1.54) is 10.4 Å². The lowest BCUT2D eigenvalue weighted by atomic mass is 10.1. The molecule has 2 heterocycles. The standard InChI is InChI=1S/C13H18N2S/c1-2-13(14)11-5-7-15(10-11)8-6-12-4-3-9-16-12/h3-5,7,9-10,13H,2,6,8,14H2,1H3. The molecule has 2 aromatic heterocycles. The molecule has 0 saturated heterocycles. The number of aryl methyl sites for hydroxylation is 2. The first-order valence-electron chi connectivity index (χ1n) is 5.73. The highest BCUT2D eigenvalue weighted by atomic mass is 32.1. The summed E-state index contributed by atoms with van der Waals surface area (Å²) in [6.45, 7) is 3.16. The third-order valence-electron chi connectivity index (χ3n) is 2.84. The monoisotopic (exact) mass is 234 g/mol. The van der Waals surface area contributed by atoms with Crippen molar-refractivity contribution in [2.75, 3.05) is 0 Å². The van der Waals surface area contributed by atoms with Crippen LogP contribution in [0, 0.1) is 0 Å². The molecule has 0 spiro atoms. The maximum absolute atomic E-state index is 5.99. The van der Waals surface area contributed by atoms with Crippen molar-refractivity contribution >= 4 is 11.3 Å². The van der Waals surface area contributed by atoms with E-state index in [2.05, 4.69) is 47.5 Å². The molecule has 86 valence electrons. The molecule has 0 aliphatic heterocycles. The Bertz CT molecular complexity index is 417. The van der Waals surface area contributed by atoms with Crippen molar-refractivity contribution in [2.24, 2.45) is 5.73 Å². The Labute approximate surface area is 101 Å². The number of aromatic nitrogens is 1. The molecule has 0 amide bonds. The van der Waals surface area contributed by atoms with E-state index in [0.717, 1.165) is 19.4 Å². The zero-order valence-electron chi connectivity index (χ0n) is 9.60. The minimum absolute atomic E-state index is 0.183. The van der Waals surface area contributed by atoms with Crippen LogP contribution in [0.15, 0.2) is 36.0 Å². The molecule has 0 aromatic carbocycles. The summed E-state index contributed by atoms with van der Waals surface area (Å²) in [4.78, 5) is 1.44. The van der Waals surface area contributed by atoms with Crippen LogP contribution in [-0.2, 0) is 13.0 Å². The number of nitrogens with two attached hydrogens (primary N) is 1. The van der Waals surface area contributed by atoms with Gasteiger partial charge in [-0.05, 0) is 35.9 Å². The number of rotatable bonds is 5. The van der Waals surface area contributed by atoms with Gasteiger partial charge in [0.05, 0.1) is 0 Å². The lowest BCUT2D eigenvalue weighted by Gasteiger charge is -2.05. The highest BCUT2D eigenvalue weighted by molar-refractivity contribution is 7.09. The Morgan fingerprint density at radius 1 is 1.44 bits per heavy atom. The normalized spacial score (nSPS) is 12.9. The van der Waals surface area contributed by atoms with Gasteiger partial charge in [-0.3, -0.25) is 0 Å². The zero-order valence-corrected chi connectivity index (χ0v) is 10.4. The summed E-state index contributed by atoms with van der Waals surface area (Å²) in [6.07, 6.45) is 6.39. The highest BCUT2D eigenvalue weighted by Crippen LogP contribution is 2.15. The van der Waals surface area contributed by atoms with Crippen LogP contribution < -0.4 is 5.73 Å². The minimum atomic E-state index is 0.183. The fourth-order valence-electron chi connectivity index (χ4n) is 1.75. The van der Waals surface area contributed by atoms with Gasteiger partial charge in [0.2, 0.25) is 0 Å². The molecule has 2 rings (SSSR count). The molecule has 0 aliphatic carbocycles. The first kappa shape index (κ1) is 11.4. The number of hydrogen-bond acceptors (Lipinski definition) is 2. The van der Waals surface area contributed by atoms with E-state index in [9.17, 15) is 0 Å². The van der Waals surface area contributed by atoms with E-state index in [1.54, 1.807) is 0 Å². The summed E-state index contributed by atoms with van der Waals surface area (Å²) in [5.74, 6) is 0. The van der Waals surface area contributed by atoms with Crippen LogP contribution in [0.2, 0.25) is 0 Å². The summed E-state index contributed by atoms with van der Waals surface area (Å²) < 4.78 is 2.23. The van der Waals surface area contributed by atoms with E-state index in [1.807, 2.05) is 11.3 Å². The van der Waals surface area contributed by atoms with Crippen LogP contribution in [0.4, 0.5) is 0 Å². The molecule has 3 heteroatoms. The quantitative estimate of drug-likeness (QED) is 0.846. The van der Waals surface area contributed by atoms with Gasteiger partial charge in [-0.25, -0.2) is 0 Å². The minimum Gasteiger partial charge on any atom is -0.354 e. The van der Waals surface area contributed by atoms with Crippen molar-refractivity contribution in [1.29, 1.82) is 0 Å². The number of hydrogen-bond donors (Lipinski definition) is 1. The smallest absolute Gasteiger partial charge is 0.0307 e. The van der Waals surface area contributed by atoms with Crippen molar-refractivity contribution in [3.05, 3.63) is 46.4 Å². The molecule has 0 bridgehead atoms. The first-order valence-corrected chi connectivity index (χ1v) is 6.61. The Hall–Kier alpha value is -1.06. The molecule has 1 atom stereocenters. The van der Waals surface area contributed by atoms with Crippen molar-refractivity contribution in [3.63, 3.8) is 0 Å². The van der Waals surface area contributed by atoms with Gasteiger partial charge in [-0.15, -0.1) is 11.3 Å². The molecule has 2 aromatic rings. The molecule has 2 N–H and O–H groups in total. The molecule has 0 aliphatic rings. The predicted octanol–water partition coefficient (Wildman–Crippen LogP) is 3.20. The Morgan fingerprint density at radius 2 is 2.31 bits per heavy atom. The largest absolute Gasteiger partial charge is 0.354 e. The van der Waals surface area contributed by atoms with Gasteiger partial charge >= 0.3 is 0 Å². The fraction of sp³-hybridized carbons (Fsp3) is 0.385. The third kappa shape index (κ3) is 2.74. The Balaban J connectivity index is 1.93. The van der Waals surface area contributed by atoms with Gasteiger partial charge in [0.15, 0.2) is 0 Å². The Morgan fingerprint density at radius 3 is 3.00 bits per heavy atom. The second-order valence-corrected chi connectivity index (χ2v) is 5.06. The topological polar surface area (TPSA) is 30.9 Å². The molecule has 0 radical (unpaired) electrons. The third-order valence-corrected chi connectivity index (χ3v) is 3.77. The second kappa shape index (κ2) is 5.32. The van der Waals surface area contributed by atoms with Crippen LogP contribution in [0.1, 0.15) is 29.8 Å². The van der Waals surface area contributed by atoms with Crippen LogP contribution in [0.3, 0.4) is 0 Å². The van der Waals surface area contributed by atoms with E-state index in [0.29, 0.717) is 0 Å². The van der Waals surface area contributed by atoms with Gasteiger partial charge in [-0.2, -0.15) is 0 Å². The summed E-state index contributed by atoms with van der Waals surface area (Å²) in [5.41, 5.74) is 7.23. The van der Waals surface area contributed by atoms with Crippen molar-refractivity contribution in [1.82, 2.24) is 4.57 Å². The van der Waals surface area contributed by atoms with Crippen LogP contribution in [0.5, 0.6) is 0 Å². The second-order valence-electron chi connectivity index (χ2n) is 4.03. The molecular formula is C13H18N2S. The molecule has 16 heavy (non-hydrogen) atoms. The van der Waals surface area contributed by atoms with Gasteiger partial charge in [0, 0.05) is 29.9 Å². The summed E-state index contributed by atoms with van der Waals surface area (Å²) in [7, 11) is 0. The summed E-state index contributed by atoms with van der Waals surface area (Å²) in [6, 6.07) is 6.60. The summed E-state index contributed by atoms with van der Waals surface area (Å²) >= 11 is 1.82. The highest BCUT2D eigenvalue weighted by Gasteiger charge is 2.04. The predicted molar refractivity (Wildman–Crippen MR) is 69.7 cm³/mol. The number of thiophene rings is 1. The summed E-state index contributed by atoms with van der Waals surface area (Å²) in [5, 5.41) is 2.13. The van der Waals surface area contributed by atoms with Crippen LogP contribution in [0.25, 0.3) is 0 Å². The average molecular weight is 234 g/mol. The maximum Gasteiger partial charge on any atom is 0.0307 e. The van der Waals surface area contributed by atoms with E-state index < -0.39 is 0 Å². The molecule has 0 saturated carbocycles. The lowest BCUT2D eigenvalue weighted by Crippen LogP contribution is -2.07. The van der Waals surface area contributed by atoms with Crippen molar-refractivity contribution in [3.8, 4) is 0 Å². The first-order chi connectivity index (χ1) is 7.79. The van der Waals surface area contributed by atoms with E-state index in [4.69, 9.17) is 5.73 Å². The van der Waals surface area contributed by atoms with Crippen LogP contribution >= 0.6 is 11.3 Å². The van der Waals surface area contributed by atoms with Crippen molar-refractivity contribution < 1.29 is 0 Å². The van der Waals surface area contributed by atoms with Gasteiger partial charge in [-0.1, -0.05) is 13.0 Å². The zero-order chi connectivity index (χ0) is 11.4. The average Bonchev–Trinajstić information content (AvgIpc) is 2.96. The van der Waals surface area contributed by atoms with Gasteiger partial charge < -0.3 is 10.3 Å². The molecule has 2 nitrogen and oxygen atoms in total. The van der Waals surface area contributed by atoms with Crippen molar-refractivity contribution in [2.45, 2.75) is 32.4 Å². The van der Waals surface area contributed by atoms with E-state index >= 15 is 0 Å². The molecular weight excluding hydrogens is 216 g/mol. The molecule has 0 fully saturated rings. The SMILES string of the molecule is CCC(N)c1ccn(CCc2cccs2)c1. The fourth-order valence-corrected chi connectivity index (χ4v) is 2.45. The van der Waals surface area contributed by atoms with Gasteiger partial charge in [0.1, 0.15) is 0 Å². The maximum atomic E-state index is 5.99. The Kier molecular flexibility index (Phi) is 3.80. The van der Waals surface area contributed by atoms with Gasteiger partial charge in [0.25, 0.3) is 0 Å².